The van der Waals surface area contributed by atoms with Crippen LogP contribution in [0.1, 0.15) is 58.3 Å². The minimum absolute atomic E-state index is 0.147. The summed E-state index contributed by atoms with van der Waals surface area (Å²) in [6.07, 6.45) is 0. The first-order valence-corrected chi connectivity index (χ1v) is 12.9. The Morgan fingerprint density at radius 3 is 1.82 bits per heavy atom. The van der Waals surface area contributed by atoms with Gasteiger partial charge in [0.15, 0.2) is 12.4 Å². The second-order valence-corrected chi connectivity index (χ2v) is 10.3. The van der Waals surface area contributed by atoms with E-state index in [4.69, 9.17) is 4.74 Å². The number of carbonyl (C=O) groups is 5. The highest BCUT2D eigenvalue weighted by molar-refractivity contribution is 6.10. The van der Waals surface area contributed by atoms with E-state index in [1.165, 1.54) is 19.9 Å². The van der Waals surface area contributed by atoms with Gasteiger partial charge in [0.2, 0.25) is 11.8 Å². The lowest BCUT2D eigenvalue weighted by Crippen LogP contribution is -2.45. The van der Waals surface area contributed by atoms with Gasteiger partial charge in [0.1, 0.15) is 6.04 Å². The number of esters is 1. The molecule has 3 atom stereocenters. The van der Waals surface area contributed by atoms with Crippen LogP contribution in [0.15, 0.2) is 72.8 Å². The Morgan fingerprint density at radius 2 is 1.33 bits per heavy atom. The predicted octanol–water partition coefficient (Wildman–Crippen LogP) is 3.65. The Balaban J connectivity index is 1.19. The largest absolute Gasteiger partial charge is 0.454 e. The number of likely N-dealkylation sites (tertiary alicyclic amines) is 1. The van der Waals surface area contributed by atoms with E-state index in [1.54, 1.807) is 18.2 Å². The molecule has 0 radical (unpaired) electrons. The molecule has 3 amide bonds. The van der Waals surface area contributed by atoms with Crippen LogP contribution in [0.3, 0.4) is 0 Å². The van der Waals surface area contributed by atoms with Crippen molar-refractivity contribution in [2.45, 2.75) is 31.7 Å². The summed E-state index contributed by atoms with van der Waals surface area (Å²) in [5, 5.41) is 2.58. The number of hydrogen-bond acceptors (Lipinski definition) is 6. The fraction of sp³-hybridized carbons (Fsp3) is 0.258. The number of anilines is 1. The SMILES string of the molecule is CC(=O)c1cccc(NC(=O)COC(=O)[C@H](C)N2C(=O)[C@@H]3C4c5ccccc5C(c5ccccc54)[C@@H]3C2=O)c1. The van der Waals surface area contributed by atoms with E-state index in [0.717, 1.165) is 27.2 Å². The third kappa shape index (κ3) is 3.86. The van der Waals surface area contributed by atoms with Crippen LogP contribution >= 0.6 is 0 Å². The molecule has 2 bridgehead atoms. The van der Waals surface area contributed by atoms with Gasteiger partial charge in [0.05, 0.1) is 11.8 Å². The van der Waals surface area contributed by atoms with Crippen LogP contribution in [-0.2, 0) is 23.9 Å². The molecular formula is C31H26N2O6. The first-order chi connectivity index (χ1) is 18.8. The molecule has 1 fully saturated rings. The average Bonchev–Trinajstić information content (AvgIpc) is 3.21. The molecule has 196 valence electrons. The zero-order chi connectivity index (χ0) is 27.4. The normalized spacial score (nSPS) is 23.0. The zero-order valence-corrected chi connectivity index (χ0v) is 21.4. The number of nitrogens with zero attached hydrogens (tertiary/aromatic N) is 1. The molecular weight excluding hydrogens is 496 g/mol. The molecule has 3 aromatic carbocycles. The molecule has 0 unspecified atom stereocenters. The van der Waals surface area contributed by atoms with Gasteiger partial charge in [-0.05, 0) is 48.2 Å². The minimum Gasteiger partial charge on any atom is -0.454 e. The number of ether oxygens (including phenoxy) is 1. The number of Topliss-reactive ketones (excluding diaryl/α,β-unsaturated/α-hetero) is 1. The van der Waals surface area contributed by atoms with Gasteiger partial charge in [0, 0.05) is 23.1 Å². The van der Waals surface area contributed by atoms with Crippen LogP contribution in [0.4, 0.5) is 5.69 Å². The second-order valence-electron chi connectivity index (χ2n) is 10.3. The second kappa shape index (κ2) is 9.31. The lowest BCUT2D eigenvalue weighted by atomic mass is 9.55. The van der Waals surface area contributed by atoms with Crippen LogP contribution in [0, 0.1) is 11.8 Å². The van der Waals surface area contributed by atoms with Crippen molar-refractivity contribution in [2.24, 2.45) is 11.8 Å². The maximum atomic E-state index is 13.8. The first-order valence-electron chi connectivity index (χ1n) is 12.9. The van der Waals surface area contributed by atoms with E-state index in [2.05, 4.69) is 5.32 Å². The Hall–Kier alpha value is -4.59. The molecule has 1 aliphatic heterocycles. The van der Waals surface area contributed by atoms with Crippen molar-refractivity contribution in [2.75, 3.05) is 11.9 Å². The fourth-order valence-electron chi connectivity index (χ4n) is 6.46. The van der Waals surface area contributed by atoms with E-state index in [9.17, 15) is 24.0 Å². The Labute approximate surface area is 225 Å². The van der Waals surface area contributed by atoms with E-state index in [0.29, 0.717) is 11.3 Å². The number of hydrogen-bond donors (Lipinski definition) is 1. The van der Waals surface area contributed by atoms with Gasteiger partial charge in [-0.3, -0.25) is 24.1 Å². The number of nitrogens with one attached hydrogen (secondary N) is 1. The van der Waals surface area contributed by atoms with Gasteiger partial charge in [0.25, 0.3) is 5.91 Å². The number of amides is 3. The summed E-state index contributed by atoms with van der Waals surface area (Å²) >= 11 is 0. The number of benzene rings is 3. The van der Waals surface area contributed by atoms with Gasteiger partial charge in [-0.25, -0.2) is 4.79 Å². The Bertz CT molecular complexity index is 1450. The highest BCUT2D eigenvalue weighted by Crippen LogP contribution is 2.61. The molecule has 1 heterocycles. The maximum absolute atomic E-state index is 13.8. The number of rotatable bonds is 6. The zero-order valence-electron chi connectivity index (χ0n) is 21.4. The molecule has 0 saturated carbocycles. The summed E-state index contributed by atoms with van der Waals surface area (Å²) in [5.74, 6) is -4.11. The Morgan fingerprint density at radius 1 is 0.821 bits per heavy atom. The van der Waals surface area contributed by atoms with Crippen molar-refractivity contribution in [3.63, 3.8) is 0 Å². The van der Waals surface area contributed by atoms with Crippen molar-refractivity contribution in [3.8, 4) is 0 Å². The molecule has 8 heteroatoms. The summed E-state index contributed by atoms with van der Waals surface area (Å²) in [4.78, 5) is 65.5. The molecule has 3 aromatic rings. The summed E-state index contributed by atoms with van der Waals surface area (Å²) < 4.78 is 5.21. The lowest BCUT2D eigenvalue weighted by Gasteiger charge is -2.45. The summed E-state index contributed by atoms with van der Waals surface area (Å²) in [5.41, 5.74) is 5.01. The topological polar surface area (TPSA) is 110 Å². The number of imide groups is 1. The number of ketones is 1. The van der Waals surface area contributed by atoms with Gasteiger partial charge in [-0.15, -0.1) is 0 Å². The lowest BCUT2D eigenvalue weighted by molar-refractivity contribution is -0.159. The fourth-order valence-corrected chi connectivity index (χ4v) is 6.46. The maximum Gasteiger partial charge on any atom is 0.329 e. The first kappa shape index (κ1) is 24.7. The van der Waals surface area contributed by atoms with E-state index in [1.807, 2.05) is 48.5 Å². The quantitative estimate of drug-likeness (QED) is 0.301. The standard InChI is InChI=1S/C31H26N2O6/c1-16(31(38)39-15-24(35)32-19-9-7-8-18(14-19)17(2)34)33-29(36)27-25-20-10-3-4-11-21(20)26(28(27)30(33)37)23-13-6-5-12-22(23)25/h3-14,16,25-28H,15H2,1-2H3,(H,32,35)/t16-,25?,26?,27-,28+/m0/s1. The molecule has 1 saturated heterocycles. The van der Waals surface area contributed by atoms with Crippen LogP contribution in [0.25, 0.3) is 0 Å². The Kier molecular flexibility index (Phi) is 5.90. The van der Waals surface area contributed by atoms with Crippen molar-refractivity contribution in [3.05, 3.63) is 101 Å². The van der Waals surface area contributed by atoms with Gasteiger partial charge < -0.3 is 10.1 Å². The van der Waals surface area contributed by atoms with E-state index < -0.39 is 36.4 Å². The van der Waals surface area contributed by atoms with Crippen LogP contribution in [0.2, 0.25) is 0 Å². The van der Waals surface area contributed by atoms with E-state index >= 15 is 0 Å². The van der Waals surface area contributed by atoms with Crippen LogP contribution < -0.4 is 5.32 Å². The molecule has 7 rings (SSSR count). The molecule has 8 nitrogen and oxygen atoms in total. The molecule has 1 N–H and O–H groups in total. The molecule has 4 aliphatic rings. The van der Waals surface area contributed by atoms with Gasteiger partial charge in [-0.1, -0.05) is 60.7 Å². The highest BCUT2D eigenvalue weighted by Gasteiger charge is 2.62. The van der Waals surface area contributed by atoms with Gasteiger partial charge >= 0.3 is 5.97 Å². The van der Waals surface area contributed by atoms with Crippen LogP contribution in [0.5, 0.6) is 0 Å². The smallest absolute Gasteiger partial charge is 0.329 e. The molecule has 39 heavy (non-hydrogen) atoms. The summed E-state index contributed by atoms with van der Waals surface area (Å²) in [7, 11) is 0. The minimum atomic E-state index is -1.19. The predicted molar refractivity (Wildman–Crippen MR) is 141 cm³/mol. The van der Waals surface area contributed by atoms with Crippen molar-refractivity contribution in [1.82, 2.24) is 4.90 Å². The summed E-state index contributed by atoms with van der Waals surface area (Å²) in [6, 6.07) is 21.0. The average molecular weight is 523 g/mol. The van der Waals surface area contributed by atoms with Crippen molar-refractivity contribution < 1.29 is 28.7 Å². The van der Waals surface area contributed by atoms with E-state index in [-0.39, 0.29) is 29.4 Å². The van der Waals surface area contributed by atoms with Crippen LogP contribution in [-0.4, -0.2) is 47.0 Å². The summed E-state index contributed by atoms with van der Waals surface area (Å²) in [6.45, 7) is 2.27. The number of carbonyl (C=O) groups excluding carboxylic acids is 5. The monoisotopic (exact) mass is 522 g/mol. The van der Waals surface area contributed by atoms with Crippen molar-refractivity contribution in [1.29, 1.82) is 0 Å². The third-order valence-corrected chi connectivity index (χ3v) is 8.11. The van der Waals surface area contributed by atoms with Gasteiger partial charge in [-0.2, -0.15) is 0 Å². The molecule has 0 spiro atoms. The highest BCUT2D eigenvalue weighted by atomic mass is 16.5. The molecule has 0 aromatic heterocycles. The molecule has 3 aliphatic carbocycles. The van der Waals surface area contributed by atoms with Crippen molar-refractivity contribution >= 4 is 35.2 Å². The third-order valence-electron chi connectivity index (χ3n) is 8.11.